The van der Waals surface area contributed by atoms with E-state index in [2.05, 4.69) is 15.5 Å². The van der Waals surface area contributed by atoms with Crippen molar-refractivity contribution in [3.8, 4) is 5.75 Å². The zero-order chi connectivity index (χ0) is 18.1. The van der Waals surface area contributed by atoms with Gasteiger partial charge in [-0.25, -0.2) is 0 Å². The predicted octanol–water partition coefficient (Wildman–Crippen LogP) is 4.02. The third-order valence-electron chi connectivity index (χ3n) is 3.81. The van der Waals surface area contributed by atoms with E-state index in [-0.39, 0.29) is 11.7 Å². The number of hydrogen-bond acceptors (Lipinski definition) is 7. The van der Waals surface area contributed by atoms with Gasteiger partial charge in [0.25, 0.3) is 5.22 Å². The molecule has 0 saturated heterocycles. The van der Waals surface area contributed by atoms with Crippen molar-refractivity contribution in [2.75, 3.05) is 18.2 Å². The average Bonchev–Trinajstić information content (AvgIpc) is 3.22. The monoisotopic (exact) mass is 369 g/mol. The highest BCUT2D eigenvalue weighted by molar-refractivity contribution is 7.99. The van der Waals surface area contributed by atoms with Gasteiger partial charge < -0.3 is 18.9 Å². The first-order valence-electron chi connectivity index (χ1n) is 7.86. The van der Waals surface area contributed by atoms with Crippen molar-refractivity contribution in [2.45, 2.75) is 12.1 Å². The molecule has 0 saturated carbocycles. The molecule has 2 aromatic carbocycles. The Morgan fingerprint density at radius 3 is 2.77 bits per heavy atom. The molecule has 132 valence electrons. The molecule has 0 unspecified atom stereocenters. The van der Waals surface area contributed by atoms with Gasteiger partial charge >= 0.3 is 0 Å². The van der Waals surface area contributed by atoms with Crippen LogP contribution < -0.4 is 10.1 Å². The second-order valence-electron chi connectivity index (χ2n) is 5.57. The molecule has 26 heavy (non-hydrogen) atoms. The normalized spacial score (nSPS) is 11.2. The zero-order valence-electron chi connectivity index (χ0n) is 14.1. The minimum Gasteiger partial charge on any atom is -0.495 e. The number of nitrogens with zero attached hydrogens (tertiary/aromatic N) is 2. The summed E-state index contributed by atoms with van der Waals surface area (Å²) in [6, 6.07) is 11.4. The van der Waals surface area contributed by atoms with E-state index in [1.54, 1.807) is 20.1 Å². The molecule has 0 aliphatic rings. The highest BCUT2D eigenvalue weighted by Gasteiger charge is 2.15. The van der Waals surface area contributed by atoms with E-state index in [1.807, 2.05) is 30.3 Å². The van der Waals surface area contributed by atoms with Crippen molar-refractivity contribution >= 4 is 45.3 Å². The van der Waals surface area contributed by atoms with Crippen LogP contribution in [0.5, 0.6) is 5.75 Å². The van der Waals surface area contributed by atoms with Crippen LogP contribution in [0.2, 0.25) is 0 Å². The van der Waals surface area contributed by atoms with Crippen molar-refractivity contribution in [3.05, 3.63) is 42.3 Å². The lowest BCUT2D eigenvalue weighted by Gasteiger charge is -2.09. The molecular formula is C18H15N3O4S. The van der Waals surface area contributed by atoms with Crippen LogP contribution in [-0.2, 0) is 4.79 Å². The second-order valence-corrected chi connectivity index (χ2v) is 6.50. The molecule has 2 aromatic heterocycles. The van der Waals surface area contributed by atoms with Gasteiger partial charge in [-0.2, -0.15) is 0 Å². The number of ether oxygens (including phenoxy) is 1. The number of thioether (sulfide) groups is 1. The summed E-state index contributed by atoms with van der Waals surface area (Å²) in [5.74, 6) is 0.962. The number of amides is 1. The van der Waals surface area contributed by atoms with Crippen LogP contribution >= 0.6 is 11.8 Å². The minimum absolute atomic E-state index is 0.142. The van der Waals surface area contributed by atoms with Gasteiger partial charge in [-0.3, -0.25) is 4.79 Å². The first-order chi connectivity index (χ1) is 12.6. The average molecular weight is 369 g/mol. The molecule has 0 aliphatic carbocycles. The molecule has 8 heteroatoms. The van der Waals surface area contributed by atoms with E-state index < -0.39 is 0 Å². The Hall–Kier alpha value is -3.00. The van der Waals surface area contributed by atoms with E-state index in [9.17, 15) is 4.79 Å². The summed E-state index contributed by atoms with van der Waals surface area (Å²) in [5.41, 5.74) is 2.02. The van der Waals surface area contributed by atoms with Crippen molar-refractivity contribution < 1.29 is 18.4 Å². The molecule has 4 rings (SSSR count). The molecule has 2 heterocycles. The van der Waals surface area contributed by atoms with E-state index in [4.69, 9.17) is 13.6 Å². The number of benzene rings is 2. The van der Waals surface area contributed by atoms with Crippen molar-refractivity contribution in [1.82, 2.24) is 10.2 Å². The van der Waals surface area contributed by atoms with Crippen molar-refractivity contribution in [1.29, 1.82) is 0 Å². The van der Waals surface area contributed by atoms with Crippen LogP contribution in [-0.4, -0.2) is 29.0 Å². The summed E-state index contributed by atoms with van der Waals surface area (Å²) in [7, 11) is 1.56. The van der Waals surface area contributed by atoms with E-state index in [0.29, 0.717) is 28.1 Å². The number of carbonyl (C=O) groups excluding carboxylic acids is 1. The molecule has 7 nitrogen and oxygen atoms in total. The molecular weight excluding hydrogens is 354 g/mol. The Labute approximate surface area is 152 Å². The summed E-state index contributed by atoms with van der Waals surface area (Å²) in [6.07, 6.45) is 0. The van der Waals surface area contributed by atoms with Gasteiger partial charge in [-0.1, -0.05) is 30.0 Å². The van der Waals surface area contributed by atoms with Crippen molar-refractivity contribution in [3.63, 3.8) is 0 Å². The number of rotatable bonds is 5. The number of nitrogens with one attached hydrogen (secondary N) is 1. The van der Waals surface area contributed by atoms with Crippen molar-refractivity contribution in [2.24, 2.45) is 0 Å². The number of furan rings is 1. The van der Waals surface area contributed by atoms with Crippen LogP contribution in [0.1, 0.15) is 5.89 Å². The van der Waals surface area contributed by atoms with Gasteiger partial charge in [-0.15, -0.1) is 10.2 Å². The quantitative estimate of drug-likeness (QED) is 0.531. The molecule has 0 bridgehead atoms. The first-order valence-corrected chi connectivity index (χ1v) is 8.84. The lowest BCUT2D eigenvalue weighted by molar-refractivity contribution is -0.113. The maximum Gasteiger partial charge on any atom is 0.277 e. The van der Waals surface area contributed by atoms with Crippen LogP contribution in [0.3, 0.4) is 0 Å². The second kappa shape index (κ2) is 6.72. The van der Waals surface area contributed by atoms with Gasteiger partial charge in [0.05, 0.1) is 18.6 Å². The van der Waals surface area contributed by atoms with E-state index >= 15 is 0 Å². The SMILES string of the molecule is COc1cc2c(cc1NC(=O)CSc1nnc(C)o1)oc1ccccc12. The Morgan fingerprint density at radius 1 is 1.15 bits per heavy atom. The summed E-state index contributed by atoms with van der Waals surface area (Å²) in [4.78, 5) is 12.3. The van der Waals surface area contributed by atoms with Gasteiger partial charge in [0, 0.05) is 23.8 Å². The van der Waals surface area contributed by atoms with Crippen LogP contribution in [0.25, 0.3) is 21.9 Å². The predicted molar refractivity (Wildman–Crippen MR) is 98.7 cm³/mol. The number of methoxy groups -OCH3 is 1. The fourth-order valence-corrected chi connectivity index (χ4v) is 3.27. The van der Waals surface area contributed by atoms with Gasteiger partial charge in [0.1, 0.15) is 16.9 Å². The molecule has 0 fully saturated rings. The maximum absolute atomic E-state index is 12.3. The molecule has 1 N–H and O–H groups in total. The fourth-order valence-electron chi connectivity index (χ4n) is 2.67. The zero-order valence-corrected chi connectivity index (χ0v) is 14.9. The maximum atomic E-state index is 12.3. The highest BCUT2D eigenvalue weighted by Crippen LogP contribution is 2.36. The van der Waals surface area contributed by atoms with Crippen LogP contribution in [0.4, 0.5) is 5.69 Å². The standard InChI is InChI=1S/C18H15N3O4S/c1-10-20-21-18(24-10)26-9-17(22)19-13-8-15-12(7-16(13)23-2)11-5-3-4-6-14(11)25-15/h3-8H,9H2,1-2H3,(H,19,22). The lowest BCUT2D eigenvalue weighted by Crippen LogP contribution is -2.14. The fraction of sp³-hybridized carbons (Fsp3) is 0.167. The lowest BCUT2D eigenvalue weighted by atomic mass is 10.1. The van der Waals surface area contributed by atoms with E-state index in [1.165, 1.54) is 11.8 Å². The third-order valence-corrected chi connectivity index (χ3v) is 4.63. The van der Waals surface area contributed by atoms with Gasteiger partial charge in [-0.05, 0) is 12.1 Å². The largest absolute Gasteiger partial charge is 0.495 e. The molecule has 0 radical (unpaired) electrons. The van der Waals surface area contributed by atoms with Crippen LogP contribution in [0.15, 0.2) is 50.5 Å². The number of fused-ring (bicyclic) bond motifs is 3. The third kappa shape index (κ3) is 3.11. The highest BCUT2D eigenvalue weighted by atomic mass is 32.2. The summed E-state index contributed by atoms with van der Waals surface area (Å²) >= 11 is 1.17. The Balaban J connectivity index is 1.58. The van der Waals surface area contributed by atoms with E-state index in [0.717, 1.165) is 16.4 Å². The summed E-state index contributed by atoms with van der Waals surface area (Å²) < 4.78 is 16.5. The Morgan fingerprint density at radius 2 is 2.00 bits per heavy atom. The topological polar surface area (TPSA) is 90.4 Å². The number of para-hydroxylation sites is 1. The molecule has 1 amide bonds. The number of carbonyl (C=O) groups is 1. The molecule has 0 atom stereocenters. The molecule has 0 spiro atoms. The minimum atomic E-state index is -0.209. The first kappa shape index (κ1) is 16.5. The smallest absolute Gasteiger partial charge is 0.277 e. The Kier molecular flexibility index (Phi) is 4.26. The molecule has 4 aromatic rings. The number of anilines is 1. The van der Waals surface area contributed by atoms with Gasteiger partial charge in [0.15, 0.2) is 0 Å². The number of aryl methyl sites for hydroxylation is 1. The van der Waals surface area contributed by atoms with Gasteiger partial charge in [0.2, 0.25) is 11.8 Å². The van der Waals surface area contributed by atoms with Crippen LogP contribution in [0, 0.1) is 6.92 Å². The summed E-state index contributed by atoms with van der Waals surface area (Å²) in [5, 5.41) is 12.7. The summed E-state index contributed by atoms with van der Waals surface area (Å²) in [6.45, 7) is 1.70. The number of aromatic nitrogens is 2. The number of hydrogen-bond donors (Lipinski definition) is 1. The Bertz CT molecular complexity index is 1100. The molecule has 0 aliphatic heterocycles.